The Morgan fingerprint density at radius 2 is 1.67 bits per heavy atom. The summed E-state index contributed by atoms with van der Waals surface area (Å²) in [4.78, 5) is 16.3. The fourth-order valence-corrected chi connectivity index (χ4v) is 4.32. The van der Waals surface area contributed by atoms with E-state index in [0.717, 1.165) is 23.3 Å². The molecule has 3 heteroatoms. The van der Waals surface area contributed by atoms with E-state index in [-0.39, 0.29) is 11.9 Å². The van der Waals surface area contributed by atoms with Crippen LogP contribution in [0.15, 0.2) is 83.7 Å². The molecule has 0 spiro atoms. The lowest BCUT2D eigenvalue weighted by molar-refractivity contribution is 0.0713. The molecular formula is C27H31NOS. The average molecular weight is 418 g/mol. The van der Waals surface area contributed by atoms with Crippen molar-refractivity contribution in [3.8, 4) is 0 Å². The van der Waals surface area contributed by atoms with Crippen molar-refractivity contribution in [2.75, 3.05) is 6.54 Å². The Morgan fingerprint density at radius 3 is 2.30 bits per heavy atom. The number of nitrogens with zero attached hydrogens (tertiary/aromatic N) is 1. The minimum atomic E-state index is 0.00569. The van der Waals surface area contributed by atoms with Crippen LogP contribution in [0.5, 0.6) is 0 Å². The van der Waals surface area contributed by atoms with E-state index in [1.54, 1.807) is 0 Å². The molecular weight excluding hydrogens is 386 g/mol. The van der Waals surface area contributed by atoms with Crippen molar-refractivity contribution in [3.63, 3.8) is 0 Å². The summed E-state index contributed by atoms with van der Waals surface area (Å²) in [5.74, 6) is 0.107. The summed E-state index contributed by atoms with van der Waals surface area (Å²) in [5, 5.41) is 1.97. The third-order valence-electron chi connectivity index (χ3n) is 5.39. The van der Waals surface area contributed by atoms with Crippen LogP contribution in [0.4, 0.5) is 0 Å². The van der Waals surface area contributed by atoms with Gasteiger partial charge in [-0.2, -0.15) is 0 Å². The minimum absolute atomic E-state index is 0.00569. The molecule has 0 bridgehead atoms. The molecule has 0 aliphatic carbocycles. The maximum atomic E-state index is 13.4. The lowest BCUT2D eigenvalue weighted by Crippen LogP contribution is -2.35. The van der Waals surface area contributed by atoms with Crippen molar-refractivity contribution in [2.45, 2.75) is 45.6 Å². The van der Waals surface area contributed by atoms with Crippen molar-refractivity contribution in [1.29, 1.82) is 0 Å². The number of thiophene rings is 1. The second-order valence-electron chi connectivity index (χ2n) is 7.67. The van der Waals surface area contributed by atoms with Crippen molar-refractivity contribution >= 4 is 23.3 Å². The third kappa shape index (κ3) is 6.17. The molecule has 0 radical (unpaired) electrons. The quantitative estimate of drug-likeness (QED) is 0.311. The molecule has 1 unspecified atom stereocenters. The highest BCUT2D eigenvalue weighted by Crippen LogP contribution is 2.27. The largest absolute Gasteiger partial charge is 0.327 e. The number of carbonyl (C=O) groups is 1. The van der Waals surface area contributed by atoms with Gasteiger partial charge in [-0.25, -0.2) is 0 Å². The van der Waals surface area contributed by atoms with Gasteiger partial charge in [-0.05, 0) is 42.3 Å². The van der Waals surface area contributed by atoms with Crippen LogP contribution in [0.1, 0.15) is 66.4 Å². The second-order valence-corrected chi connectivity index (χ2v) is 8.62. The number of carbonyl (C=O) groups excluding carboxylic acids is 1. The molecule has 0 saturated heterocycles. The lowest BCUT2D eigenvalue weighted by atomic mass is 10.0. The van der Waals surface area contributed by atoms with Gasteiger partial charge in [0, 0.05) is 6.54 Å². The van der Waals surface area contributed by atoms with E-state index in [2.05, 4.69) is 56.3 Å². The van der Waals surface area contributed by atoms with Gasteiger partial charge in [0.05, 0.1) is 10.9 Å². The SMILES string of the molecule is CCCCC/C(=C\c1ccccc1)CN(C(=O)c1cccs1)C(C)c1ccccc1. The molecule has 1 amide bonds. The molecule has 0 aliphatic heterocycles. The number of unbranched alkanes of at least 4 members (excludes halogenated alkanes) is 2. The lowest BCUT2D eigenvalue weighted by Gasteiger charge is -2.30. The standard InChI is InChI=1S/C27H31NOS/c1-3-4-7-15-24(20-23-13-8-5-9-14-23)21-28(27(29)26-18-12-19-30-26)22(2)25-16-10-6-11-17-25/h5-6,8-14,16-20,22H,3-4,7,15,21H2,1-2H3/b24-20+. The Morgan fingerprint density at radius 1 is 0.967 bits per heavy atom. The number of amides is 1. The van der Waals surface area contributed by atoms with E-state index >= 15 is 0 Å². The van der Waals surface area contributed by atoms with E-state index < -0.39 is 0 Å². The number of hydrogen-bond acceptors (Lipinski definition) is 2. The molecule has 30 heavy (non-hydrogen) atoms. The molecule has 0 saturated carbocycles. The first-order valence-corrected chi connectivity index (χ1v) is 11.7. The number of benzene rings is 2. The van der Waals surface area contributed by atoms with Crippen LogP contribution in [0.3, 0.4) is 0 Å². The predicted molar refractivity (Wildman–Crippen MR) is 129 cm³/mol. The summed E-state index contributed by atoms with van der Waals surface area (Å²) in [6.45, 7) is 5.00. The smallest absolute Gasteiger partial charge is 0.264 e. The normalized spacial score (nSPS) is 12.5. The Labute approximate surface area is 184 Å². The molecule has 156 valence electrons. The van der Waals surface area contributed by atoms with Crippen LogP contribution in [0.2, 0.25) is 0 Å². The minimum Gasteiger partial charge on any atom is -0.327 e. The van der Waals surface area contributed by atoms with Gasteiger partial charge < -0.3 is 4.90 Å². The zero-order valence-corrected chi connectivity index (χ0v) is 18.8. The molecule has 1 aromatic heterocycles. The van der Waals surface area contributed by atoms with Crippen molar-refractivity contribution in [3.05, 3.63) is 99.8 Å². The maximum absolute atomic E-state index is 13.4. The van der Waals surface area contributed by atoms with E-state index in [4.69, 9.17) is 0 Å². The van der Waals surface area contributed by atoms with E-state index in [0.29, 0.717) is 6.54 Å². The molecule has 0 N–H and O–H groups in total. The second kappa shape index (κ2) is 11.5. The number of hydrogen-bond donors (Lipinski definition) is 0. The van der Waals surface area contributed by atoms with Gasteiger partial charge in [0.25, 0.3) is 5.91 Å². The Hall–Kier alpha value is -2.65. The summed E-state index contributed by atoms with van der Waals surface area (Å²) >= 11 is 1.51. The maximum Gasteiger partial charge on any atom is 0.264 e. The van der Waals surface area contributed by atoms with Crippen molar-refractivity contribution < 1.29 is 4.79 Å². The molecule has 0 fully saturated rings. The predicted octanol–water partition coefficient (Wildman–Crippen LogP) is 7.62. The van der Waals surface area contributed by atoms with Crippen LogP contribution in [0, 0.1) is 0 Å². The summed E-state index contributed by atoms with van der Waals surface area (Å²) in [6.07, 6.45) is 6.83. The van der Waals surface area contributed by atoms with Crippen LogP contribution >= 0.6 is 11.3 Å². The number of rotatable bonds is 10. The molecule has 1 heterocycles. The molecule has 3 aromatic rings. The van der Waals surface area contributed by atoms with Gasteiger partial charge in [-0.15, -0.1) is 11.3 Å². The van der Waals surface area contributed by atoms with Crippen LogP contribution in [-0.2, 0) is 0 Å². The van der Waals surface area contributed by atoms with Gasteiger partial charge in [0.1, 0.15) is 0 Å². The van der Waals surface area contributed by atoms with E-state index in [1.165, 1.54) is 35.3 Å². The Kier molecular flexibility index (Phi) is 8.46. The van der Waals surface area contributed by atoms with E-state index in [9.17, 15) is 4.79 Å². The Bertz CT molecular complexity index is 916. The fraction of sp³-hybridized carbons (Fsp3) is 0.296. The zero-order chi connectivity index (χ0) is 21.2. The Balaban J connectivity index is 1.91. The van der Waals surface area contributed by atoms with Gasteiger partial charge in [-0.3, -0.25) is 4.79 Å². The summed E-state index contributed by atoms with van der Waals surface area (Å²) in [7, 11) is 0. The van der Waals surface area contributed by atoms with Crippen LogP contribution in [0.25, 0.3) is 6.08 Å². The highest BCUT2D eigenvalue weighted by molar-refractivity contribution is 7.12. The highest BCUT2D eigenvalue weighted by Gasteiger charge is 2.24. The zero-order valence-electron chi connectivity index (χ0n) is 18.0. The van der Waals surface area contributed by atoms with Gasteiger partial charge in [0.2, 0.25) is 0 Å². The molecule has 3 rings (SSSR count). The van der Waals surface area contributed by atoms with Crippen LogP contribution < -0.4 is 0 Å². The molecule has 2 nitrogen and oxygen atoms in total. The molecule has 0 aliphatic rings. The van der Waals surface area contributed by atoms with Gasteiger partial charge in [0.15, 0.2) is 0 Å². The van der Waals surface area contributed by atoms with Crippen molar-refractivity contribution in [2.24, 2.45) is 0 Å². The summed E-state index contributed by atoms with van der Waals surface area (Å²) in [6, 6.07) is 24.6. The summed E-state index contributed by atoms with van der Waals surface area (Å²) < 4.78 is 0. The monoisotopic (exact) mass is 417 g/mol. The van der Waals surface area contributed by atoms with Gasteiger partial charge >= 0.3 is 0 Å². The first-order valence-electron chi connectivity index (χ1n) is 10.8. The first kappa shape index (κ1) is 22.0. The average Bonchev–Trinajstić information content (AvgIpc) is 3.33. The van der Waals surface area contributed by atoms with E-state index in [1.807, 2.05) is 46.7 Å². The molecule has 2 aromatic carbocycles. The summed E-state index contributed by atoms with van der Waals surface area (Å²) in [5.41, 5.74) is 3.66. The first-order chi connectivity index (χ1) is 14.7. The fourth-order valence-electron chi connectivity index (χ4n) is 3.64. The topological polar surface area (TPSA) is 20.3 Å². The third-order valence-corrected chi connectivity index (χ3v) is 6.25. The van der Waals surface area contributed by atoms with Crippen molar-refractivity contribution in [1.82, 2.24) is 4.90 Å². The highest BCUT2D eigenvalue weighted by atomic mass is 32.1. The van der Waals surface area contributed by atoms with Crippen LogP contribution in [-0.4, -0.2) is 17.4 Å². The van der Waals surface area contributed by atoms with Gasteiger partial charge in [-0.1, -0.05) is 98.1 Å². The molecule has 1 atom stereocenters.